The molecule has 0 aliphatic carbocycles. The smallest absolute Gasteiger partial charge is 0.232 e. The Morgan fingerprint density at radius 1 is 1.33 bits per heavy atom. The molecule has 0 aromatic heterocycles. The zero-order valence-corrected chi connectivity index (χ0v) is 6.10. The molecule has 12 heavy (non-hydrogen) atoms. The lowest BCUT2D eigenvalue weighted by Gasteiger charge is -2.12. The molecule has 0 saturated carbocycles. The number of hydrazine groups is 1. The molecule has 0 spiro atoms. The molecule has 0 aliphatic rings. The SMILES string of the molecule is N=C(N)N(N=C(N)N)NN=NN. The summed E-state index contributed by atoms with van der Waals surface area (Å²) in [4.78, 5) is 0. The molecule has 0 rings (SSSR count). The molecule has 10 nitrogen and oxygen atoms in total. The fraction of sp³-hybridized carbons (Fsp3) is 0. The van der Waals surface area contributed by atoms with E-state index >= 15 is 0 Å². The van der Waals surface area contributed by atoms with E-state index in [1.165, 1.54) is 0 Å². The van der Waals surface area contributed by atoms with E-state index in [4.69, 9.17) is 22.6 Å². The number of nitrogens with zero attached hydrogens (tertiary/aromatic N) is 4. The minimum Gasteiger partial charge on any atom is -0.369 e. The second kappa shape index (κ2) is 4.54. The first kappa shape index (κ1) is 9.74. The molecule has 0 aromatic carbocycles. The van der Waals surface area contributed by atoms with Crippen LogP contribution < -0.4 is 28.6 Å². The Morgan fingerprint density at radius 2 is 1.92 bits per heavy atom. The van der Waals surface area contributed by atoms with Gasteiger partial charge in [-0.25, -0.2) is 0 Å². The Bertz CT molecular complexity index is 198. The van der Waals surface area contributed by atoms with Crippen molar-refractivity contribution in [1.82, 2.24) is 10.7 Å². The van der Waals surface area contributed by atoms with Crippen LogP contribution in [0.25, 0.3) is 0 Å². The van der Waals surface area contributed by atoms with Crippen molar-refractivity contribution in [2.75, 3.05) is 0 Å². The second-order valence-corrected chi connectivity index (χ2v) is 1.54. The monoisotopic (exact) mass is 174 g/mol. The van der Waals surface area contributed by atoms with Gasteiger partial charge >= 0.3 is 0 Å². The molecule has 0 atom stereocenters. The average Bonchev–Trinajstić information content (AvgIpc) is 1.96. The normalized spacial score (nSPS) is 9.33. The quantitative estimate of drug-likeness (QED) is 0.0877. The topological polar surface area (TPSA) is 180 Å². The summed E-state index contributed by atoms with van der Waals surface area (Å²) in [6.07, 6.45) is 0. The highest BCUT2D eigenvalue weighted by atomic mass is 15.8. The Balaban J connectivity index is 4.24. The number of hydrazone groups is 1. The van der Waals surface area contributed by atoms with Crippen LogP contribution >= 0.6 is 0 Å². The third kappa shape index (κ3) is 3.71. The summed E-state index contributed by atoms with van der Waals surface area (Å²) < 4.78 is 0. The zero-order chi connectivity index (χ0) is 9.56. The molecule has 0 bridgehead atoms. The van der Waals surface area contributed by atoms with Crippen LogP contribution in [0.5, 0.6) is 0 Å². The van der Waals surface area contributed by atoms with Gasteiger partial charge in [0.25, 0.3) is 0 Å². The summed E-state index contributed by atoms with van der Waals surface area (Å²) in [5.74, 6) is 3.91. The van der Waals surface area contributed by atoms with Gasteiger partial charge in [-0.05, 0) is 5.22 Å². The molecule has 0 radical (unpaired) electrons. The number of hydrogen-bond acceptors (Lipinski definition) is 4. The summed E-state index contributed by atoms with van der Waals surface area (Å²) >= 11 is 0. The molecule has 0 amide bonds. The van der Waals surface area contributed by atoms with Crippen molar-refractivity contribution in [2.24, 2.45) is 38.6 Å². The van der Waals surface area contributed by atoms with Crippen LogP contribution in [0.3, 0.4) is 0 Å². The summed E-state index contributed by atoms with van der Waals surface area (Å²) in [6, 6.07) is 0. The predicted molar refractivity (Wildman–Crippen MR) is 41.7 cm³/mol. The van der Waals surface area contributed by atoms with Gasteiger partial charge in [-0.3, -0.25) is 5.41 Å². The Kier molecular flexibility index (Phi) is 3.68. The van der Waals surface area contributed by atoms with E-state index in [9.17, 15) is 0 Å². The maximum atomic E-state index is 6.90. The fourth-order valence-corrected chi connectivity index (χ4v) is 0.314. The van der Waals surface area contributed by atoms with Crippen LogP contribution in [0.2, 0.25) is 0 Å². The van der Waals surface area contributed by atoms with Crippen LogP contribution in [0.4, 0.5) is 0 Å². The molecule has 0 aliphatic heterocycles. The minimum absolute atomic E-state index is 0.287. The summed E-state index contributed by atoms with van der Waals surface area (Å²) in [5.41, 5.74) is 17.1. The number of hydrogen-bond donors (Lipinski definition) is 6. The van der Waals surface area contributed by atoms with Crippen molar-refractivity contribution in [2.45, 2.75) is 0 Å². The van der Waals surface area contributed by atoms with Gasteiger partial charge in [-0.15, -0.1) is 10.2 Å². The number of nitrogens with one attached hydrogen (secondary N) is 2. The van der Waals surface area contributed by atoms with Crippen LogP contribution in [0.1, 0.15) is 0 Å². The van der Waals surface area contributed by atoms with E-state index in [-0.39, 0.29) is 5.96 Å². The van der Waals surface area contributed by atoms with E-state index in [0.29, 0.717) is 5.12 Å². The van der Waals surface area contributed by atoms with Gasteiger partial charge < -0.3 is 23.0 Å². The van der Waals surface area contributed by atoms with Gasteiger partial charge in [0.05, 0.1) is 0 Å². The minimum atomic E-state index is -0.462. The van der Waals surface area contributed by atoms with E-state index in [0.717, 1.165) is 0 Å². The third-order valence-corrected chi connectivity index (χ3v) is 0.641. The number of guanidine groups is 2. The van der Waals surface area contributed by atoms with Crippen molar-refractivity contribution in [1.29, 1.82) is 5.41 Å². The van der Waals surface area contributed by atoms with E-state index in [2.05, 4.69) is 26.9 Å². The highest BCUT2D eigenvalue weighted by molar-refractivity contribution is 5.79. The molecule has 10 N–H and O–H groups in total. The first-order chi connectivity index (χ1) is 5.57. The fourth-order valence-electron chi connectivity index (χ4n) is 0.314. The molecule has 68 valence electrons. The van der Waals surface area contributed by atoms with Gasteiger partial charge in [-0.1, -0.05) is 5.22 Å². The number of rotatable bonds is 3. The predicted octanol–water partition coefficient (Wildman–Crippen LogP) is -2.88. The van der Waals surface area contributed by atoms with E-state index in [1.54, 1.807) is 0 Å². The molecule has 0 aromatic rings. The Hall–Kier alpha value is -2.26. The standard InChI is InChI=1S/C2H10N10/c3-1(4)8-12(2(5)6)11-10-9-7/h(H3,5,6)(H2,7,10)(H,9,11)(H4,3,4,8). The maximum absolute atomic E-state index is 6.90. The molecular formula is C2H10N10. The van der Waals surface area contributed by atoms with Crippen molar-refractivity contribution in [3.05, 3.63) is 0 Å². The lowest BCUT2D eigenvalue weighted by Crippen LogP contribution is -2.42. The van der Waals surface area contributed by atoms with Crippen LogP contribution in [0.15, 0.2) is 15.5 Å². The molecule has 0 saturated heterocycles. The van der Waals surface area contributed by atoms with Gasteiger partial charge in [-0.2, -0.15) is 5.53 Å². The van der Waals surface area contributed by atoms with Crippen LogP contribution in [0, 0.1) is 5.41 Å². The van der Waals surface area contributed by atoms with Crippen molar-refractivity contribution in [3.8, 4) is 0 Å². The lowest BCUT2D eigenvalue weighted by molar-refractivity contribution is 0.311. The molecule has 10 heteroatoms. The lowest BCUT2D eigenvalue weighted by atomic mass is 11.0. The van der Waals surface area contributed by atoms with Gasteiger partial charge in [0.2, 0.25) is 11.9 Å². The van der Waals surface area contributed by atoms with Gasteiger partial charge in [0.1, 0.15) is 0 Å². The van der Waals surface area contributed by atoms with E-state index < -0.39 is 5.96 Å². The Labute approximate surface area is 67.7 Å². The van der Waals surface area contributed by atoms with Gasteiger partial charge in [0.15, 0.2) is 0 Å². The molecule has 0 heterocycles. The van der Waals surface area contributed by atoms with Crippen molar-refractivity contribution < 1.29 is 0 Å². The van der Waals surface area contributed by atoms with Gasteiger partial charge in [0, 0.05) is 0 Å². The maximum Gasteiger partial charge on any atom is 0.232 e. The van der Waals surface area contributed by atoms with Crippen LogP contribution in [-0.2, 0) is 0 Å². The summed E-state index contributed by atoms with van der Waals surface area (Å²) in [7, 11) is 0. The highest BCUT2D eigenvalue weighted by Crippen LogP contribution is 1.80. The van der Waals surface area contributed by atoms with Crippen molar-refractivity contribution in [3.63, 3.8) is 0 Å². The van der Waals surface area contributed by atoms with Crippen molar-refractivity contribution >= 4 is 11.9 Å². The molecule has 0 fully saturated rings. The Morgan fingerprint density at radius 3 is 2.25 bits per heavy atom. The summed E-state index contributed by atoms with van der Waals surface area (Å²) in [5, 5.41) is 16.9. The third-order valence-electron chi connectivity index (χ3n) is 0.641. The van der Waals surface area contributed by atoms with E-state index in [1.807, 2.05) is 0 Å². The summed E-state index contributed by atoms with van der Waals surface area (Å²) in [6.45, 7) is 0. The average molecular weight is 174 g/mol. The zero-order valence-electron chi connectivity index (χ0n) is 6.10. The molecule has 0 unspecified atom stereocenters. The number of nitrogens with two attached hydrogens (primary N) is 4. The van der Waals surface area contributed by atoms with Crippen LogP contribution in [-0.4, -0.2) is 17.0 Å². The first-order valence-electron chi connectivity index (χ1n) is 2.67. The largest absolute Gasteiger partial charge is 0.369 e. The second-order valence-electron chi connectivity index (χ2n) is 1.54. The first-order valence-corrected chi connectivity index (χ1v) is 2.67. The highest BCUT2D eigenvalue weighted by Gasteiger charge is 2.01. The molecular weight excluding hydrogens is 164 g/mol.